The highest BCUT2D eigenvalue weighted by Gasteiger charge is 2.18. The van der Waals surface area contributed by atoms with Crippen LogP contribution in [0.5, 0.6) is 5.75 Å². The van der Waals surface area contributed by atoms with Crippen LogP contribution in [0.2, 0.25) is 0 Å². The third-order valence-electron chi connectivity index (χ3n) is 5.66. The van der Waals surface area contributed by atoms with Crippen molar-refractivity contribution < 1.29 is 13.7 Å². The molecule has 1 saturated heterocycles. The molecule has 7 nitrogen and oxygen atoms in total. The molecule has 2 aromatic rings. The SMILES string of the molecule is COc1cc(C)c(S(=O)N(C)CCC(=O)NCc2cccc(N3CCNCC3)c2)c(C)c1. The van der Waals surface area contributed by atoms with E-state index in [-0.39, 0.29) is 12.3 Å². The van der Waals surface area contributed by atoms with Crippen LogP contribution in [0.1, 0.15) is 23.1 Å². The molecule has 0 radical (unpaired) electrons. The van der Waals surface area contributed by atoms with E-state index in [1.165, 1.54) is 5.69 Å². The maximum atomic E-state index is 13.0. The van der Waals surface area contributed by atoms with Crippen molar-refractivity contribution in [1.82, 2.24) is 14.9 Å². The summed E-state index contributed by atoms with van der Waals surface area (Å²) in [6.45, 7) is 8.72. The Kier molecular flexibility index (Phi) is 8.67. The molecule has 1 aliphatic rings. The lowest BCUT2D eigenvalue weighted by Crippen LogP contribution is -2.43. The lowest BCUT2D eigenvalue weighted by atomic mass is 10.1. The molecular weight excluding hydrogens is 424 g/mol. The first kappa shape index (κ1) is 24.2. The van der Waals surface area contributed by atoms with Crippen molar-refractivity contribution in [2.24, 2.45) is 0 Å². The van der Waals surface area contributed by atoms with Crippen LogP contribution in [0.4, 0.5) is 5.69 Å². The molecule has 32 heavy (non-hydrogen) atoms. The van der Waals surface area contributed by atoms with Gasteiger partial charge in [-0.2, -0.15) is 0 Å². The van der Waals surface area contributed by atoms with E-state index in [1.54, 1.807) is 18.5 Å². The minimum atomic E-state index is -1.34. The van der Waals surface area contributed by atoms with Gasteiger partial charge in [-0.1, -0.05) is 12.1 Å². The number of nitrogens with zero attached hydrogens (tertiary/aromatic N) is 2. The normalized spacial score (nSPS) is 15.0. The van der Waals surface area contributed by atoms with Gasteiger partial charge in [0, 0.05) is 58.4 Å². The van der Waals surface area contributed by atoms with Gasteiger partial charge in [0.05, 0.1) is 12.0 Å². The van der Waals surface area contributed by atoms with Gasteiger partial charge in [0.2, 0.25) is 5.91 Å². The molecule has 1 atom stereocenters. The monoisotopic (exact) mass is 458 g/mol. The summed E-state index contributed by atoms with van der Waals surface area (Å²) in [4.78, 5) is 15.5. The number of anilines is 1. The van der Waals surface area contributed by atoms with Gasteiger partial charge in [0.1, 0.15) is 16.7 Å². The molecule has 3 rings (SSSR count). The summed E-state index contributed by atoms with van der Waals surface area (Å²) >= 11 is 0. The van der Waals surface area contributed by atoms with Crippen LogP contribution >= 0.6 is 0 Å². The molecule has 174 valence electrons. The molecule has 0 aromatic heterocycles. The van der Waals surface area contributed by atoms with E-state index in [4.69, 9.17) is 4.74 Å². The van der Waals surface area contributed by atoms with Gasteiger partial charge in [-0.3, -0.25) is 4.79 Å². The van der Waals surface area contributed by atoms with Crippen LogP contribution in [0, 0.1) is 13.8 Å². The minimum absolute atomic E-state index is 0.0513. The molecule has 1 amide bonds. The fourth-order valence-electron chi connectivity index (χ4n) is 3.88. The fraction of sp³-hybridized carbons (Fsp3) is 0.458. The summed E-state index contributed by atoms with van der Waals surface area (Å²) in [6, 6.07) is 12.1. The first-order chi connectivity index (χ1) is 15.4. The predicted octanol–water partition coefficient (Wildman–Crippen LogP) is 2.38. The van der Waals surface area contributed by atoms with E-state index < -0.39 is 11.0 Å². The second-order valence-corrected chi connectivity index (χ2v) is 9.65. The second kappa shape index (κ2) is 11.4. The Hall–Kier alpha value is -2.42. The van der Waals surface area contributed by atoms with Crippen LogP contribution < -0.4 is 20.3 Å². The zero-order valence-electron chi connectivity index (χ0n) is 19.4. The molecule has 1 heterocycles. The van der Waals surface area contributed by atoms with Crippen molar-refractivity contribution in [2.75, 3.05) is 51.8 Å². The minimum Gasteiger partial charge on any atom is -0.497 e. The van der Waals surface area contributed by atoms with Gasteiger partial charge in [-0.25, -0.2) is 8.51 Å². The van der Waals surface area contributed by atoms with E-state index in [0.717, 1.165) is 53.5 Å². The molecule has 1 fully saturated rings. The van der Waals surface area contributed by atoms with Gasteiger partial charge in [0.25, 0.3) is 0 Å². The molecule has 0 saturated carbocycles. The number of aryl methyl sites for hydroxylation is 2. The van der Waals surface area contributed by atoms with Crippen molar-refractivity contribution in [2.45, 2.75) is 31.7 Å². The number of hydrogen-bond donors (Lipinski definition) is 2. The molecular formula is C24H34N4O3S. The number of piperazine rings is 1. The number of carbonyl (C=O) groups is 1. The highest BCUT2D eigenvalue weighted by Crippen LogP contribution is 2.25. The molecule has 0 bridgehead atoms. The van der Waals surface area contributed by atoms with Gasteiger partial charge in [-0.05, 0) is 54.8 Å². The number of amides is 1. The summed E-state index contributed by atoms with van der Waals surface area (Å²) < 4.78 is 20.0. The number of nitrogens with one attached hydrogen (secondary N) is 2. The van der Waals surface area contributed by atoms with Gasteiger partial charge in [-0.15, -0.1) is 0 Å². The first-order valence-corrected chi connectivity index (χ1v) is 12.1. The summed E-state index contributed by atoms with van der Waals surface area (Å²) in [5.41, 5.74) is 4.11. The molecule has 0 aliphatic carbocycles. The fourth-order valence-corrected chi connectivity index (χ4v) is 5.11. The summed E-state index contributed by atoms with van der Waals surface area (Å²) in [5.74, 6) is 0.702. The highest BCUT2D eigenvalue weighted by atomic mass is 32.2. The number of methoxy groups -OCH3 is 1. The van der Waals surface area contributed by atoms with Crippen LogP contribution in [0.3, 0.4) is 0 Å². The molecule has 1 aliphatic heterocycles. The largest absolute Gasteiger partial charge is 0.497 e. The Balaban J connectivity index is 1.50. The van der Waals surface area contributed by atoms with E-state index >= 15 is 0 Å². The Labute approximate surface area is 193 Å². The van der Waals surface area contributed by atoms with Crippen LogP contribution in [-0.2, 0) is 22.3 Å². The predicted molar refractivity (Wildman–Crippen MR) is 129 cm³/mol. The molecule has 2 N–H and O–H groups in total. The maximum absolute atomic E-state index is 13.0. The third-order valence-corrected chi connectivity index (χ3v) is 7.41. The third kappa shape index (κ3) is 6.31. The lowest BCUT2D eigenvalue weighted by molar-refractivity contribution is -0.121. The topological polar surface area (TPSA) is 73.9 Å². The summed E-state index contributed by atoms with van der Waals surface area (Å²) in [5, 5.41) is 6.35. The Morgan fingerprint density at radius 3 is 2.53 bits per heavy atom. The molecule has 8 heteroatoms. The highest BCUT2D eigenvalue weighted by molar-refractivity contribution is 7.82. The van der Waals surface area contributed by atoms with Crippen LogP contribution in [-0.4, -0.2) is 61.3 Å². The number of benzene rings is 2. The van der Waals surface area contributed by atoms with Crippen molar-refractivity contribution in [1.29, 1.82) is 0 Å². The first-order valence-electron chi connectivity index (χ1n) is 11.0. The molecule has 0 spiro atoms. The van der Waals surface area contributed by atoms with Crippen molar-refractivity contribution in [3.05, 3.63) is 53.1 Å². The van der Waals surface area contributed by atoms with E-state index in [1.807, 2.05) is 38.1 Å². The van der Waals surface area contributed by atoms with Crippen molar-refractivity contribution in [3.63, 3.8) is 0 Å². The molecule has 2 aromatic carbocycles. The quantitative estimate of drug-likeness (QED) is 0.604. The smallest absolute Gasteiger partial charge is 0.221 e. The average molecular weight is 459 g/mol. The number of ether oxygens (including phenoxy) is 1. The van der Waals surface area contributed by atoms with Gasteiger partial charge in [0.15, 0.2) is 0 Å². The maximum Gasteiger partial charge on any atom is 0.221 e. The number of hydrogen-bond acceptors (Lipinski definition) is 5. The zero-order chi connectivity index (χ0) is 23.1. The summed E-state index contributed by atoms with van der Waals surface area (Å²) in [6.07, 6.45) is 0.286. The van der Waals surface area contributed by atoms with Crippen molar-refractivity contribution >= 4 is 22.6 Å². The zero-order valence-corrected chi connectivity index (χ0v) is 20.3. The standard InChI is InChI=1S/C24H34N4O3S/c1-18-14-22(31-4)15-19(2)24(18)32(30)27(3)11-8-23(29)26-17-20-6-5-7-21(16-20)28-12-9-25-10-13-28/h5-7,14-16,25H,8-13,17H2,1-4H3,(H,26,29). The second-order valence-electron chi connectivity index (χ2n) is 8.12. The lowest BCUT2D eigenvalue weighted by Gasteiger charge is -2.29. The Bertz CT molecular complexity index is 937. The number of rotatable bonds is 9. The molecule has 1 unspecified atom stereocenters. The van der Waals surface area contributed by atoms with Gasteiger partial charge < -0.3 is 20.3 Å². The number of carbonyl (C=O) groups excluding carboxylic acids is 1. The average Bonchev–Trinajstić information content (AvgIpc) is 2.81. The summed E-state index contributed by atoms with van der Waals surface area (Å²) in [7, 11) is 2.07. The van der Waals surface area contributed by atoms with Crippen LogP contribution in [0.25, 0.3) is 0 Å². The van der Waals surface area contributed by atoms with E-state index in [2.05, 4.69) is 27.7 Å². The van der Waals surface area contributed by atoms with E-state index in [9.17, 15) is 9.00 Å². The van der Waals surface area contributed by atoms with Crippen molar-refractivity contribution in [3.8, 4) is 5.75 Å². The van der Waals surface area contributed by atoms with E-state index in [0.29, 0.717) is 13.1 Å². The Morgan fingerprint density at radius 2 is 1.88 bits per heavy atom. The Morgan fingerprint density at radius 1 is 1.19 bits per heavy atom. The van der Waals surface area contributed by atoms with Crippen LogP contribution in [0.15, 0.2) is 41.3 Å². The van der Waals surface area contributed by atoms with Gasteiger partial charge >= 0.3 is 0 Å².